The summed E-state index contributed by atoms with van der Waals surface area (Å²) in [4.78, 5) is 28.2. The largest absolute Gasteiger partial charge is 0.462 e. The predicted molar refractivity (Wildman–Crippen MR) is 83.6 cm³/mol. The fourth-order valence-electron chi connectivity index (χ4n) is 1.87. The molecule has 6 heteroatoms. The lowest BCUT2D eigenvalue weighted by atomic mass is 9.98. The van der Waals surface area contributed by atoms with Crippen molar-refractivity contribution in [2.75, 3.05) is 13.2 Å². The van der Waals surface area contributed by atoms with Gasteiger partial charge in [-0.25, -0.2) is 9.59 Å². The average molecular weight is 326 g/mol. The van der Waals surface area contributed by atoms with Gasteiger partial charge < -0.3 is 9.47 Å². The van der Waals surface area contributed by atoms with Gasteiger partial charge in [0.15, 0.2) is 0 Å². The van der Waals surface area contributed by atoms with Gasteiger partial charge in [-0.05, 0) is 32.4 Å². The zero-order chi connectivity index (χ0) is 16.5. The molecule has 0 radical (unpaired) electrons. The zero-order valence-corrected chi connectivity index (χ0v) is 13.7. The Morgan fingerprint density at radius 1 is 1.23 bits per heavy atom. The number of allylic oxidation sites excluding steroid dienone is 1. The minimum absolute atomic E-state index is 0.114. The van der Waals surface area contributed by atoms with E-state index in [1.165, 1.54) is 6.08 Å². The molecule has 0 spiro atoms. The standard InChI is InChI=1S/C16H20ClNO4/c1-4-11(14-10-12(17)7-8-18-14)9-13(15(19)21-5-2)16(20)22-6-3/h7-11H,4-6H2,1-3H3. The summed E-state index contributed by atoms with van der Waals surface area (Å²) in [5, 5.41) is 0.547. The minimum Gasteiger partial charge on any atom is -0.462 e. The molecule has 0 aliphatic heterocycles. The summed E-state index contributed by atoms with van der Waals surface area (Å²) in [6.45, 7) is 5.65. The number of esters is 2. The monoisotopic (exact) mass is 325 g/mol. The molecule has 1 aromatic heterocycles. The van der Waals surface area contributed by atoms with E-state index in [4.69, 9.17) is 21.1 Å². The van der Waals surface area contributed by atoms with E-state index in [1.54, 1.807) is 32.2 Å². The number of hydrogen-bond donors (Lipinski definition) is 0. The van der Waals surface area contributed by atoms with E-state index in [9.17, 15) is 9.59 Å². The van der Waals surface area contributed by atoms with Crippen LogP contribution < -0.4 is 0 Å². The van der Waals surface area contributed by atoms with E-state index in [2.05, 4.69) is 4.98 Å². The Morgan fingerprint density at radius 2 is 1.82 bits per heavy atom. The SMILES string of the molecule is CCOC(=O)C(=CC(CC)c1cc(Cl)ccn1)C(=O)OCC. The number of rotatable bonds is 7. The number of pyridine rings is 1. The molecule has 1 rings (SSSR count). The lowest BCUT2D eigenvalue weighted by Crippen LogP contribution is -2.19. The highest BCUT2D eigenvalue weighted by Gasteiger charge is 2.23. The highest BCUT2D eigenvalue weighted by Crippen LogP contribution is 2.23. The van der Waals surface area contributed by atoms with Crippen LogP contribution in [-0.4, -0.2) is 30.1 Å². The van der Waals surface area contributed by atoms with Crippen molar-refractivity contribution < 1.29 is 19.1 Å². The summed E-state index contributed by atoms with van der Waals surface area (Å²) in [6, 6.07) is 3.37. The van der Waals surface area contributed by atoms with Gasteiger partial charge in [-0.2, -0.15) is 0 Å². The van der Waals surface area contributed by atoms with Crippen molar-refractivity contribution in [3.05, 3.63) is 40.7 Å². The molecule has 0 saturated heterocycles. The van der Waals surface area contributed by atoms with Crippen LogP contribution in [0.4, 0.5) is 0 Å². The van der Waals surface area contributed by atoms with E-state index in [1.807, 2.05) is 6.92 Å². The molecule has 1 atom stereocenters. The quantitative estimate of drug-likeness (QED) is 0.333. The van der Waals surface area contributed by atoms with Crippen molar-refractivity contribution in [3.63, 3.8) is 0 Å². The zero-order valence-electron chi connectivity index (χ0n) is 13.0. The van der Waals surface area contributed by atoms with Crippen LogP contribution in [0.15, 0.2) is 30.0 Å². The second-order valence-corrected chi connectivity index (χ2v) is 4.87. The molecular weight excluding hydrogens is 306 g/mol. The smallest absolute Gasteiger partial charge is 0.345 e. The third-order valence-corrected chi connectivity index (χ3v) is 3.16. The van der Waals surface area contributed by atoms with Crippen LogP contribution in [0, 0.1) is 0 Å². The average Bonchev–Trinajstić information content (AvgIpc) is 2.48. The fraction of sp³-hybridized carbons (Fsp3) is 0.438. The summed E-state index contributed by atoms with van der Waals surface area (Å²) in [5.74, 6) is -1.62. The molecule has 0 aliphatic rings. The number of ether oxygens (including phenoxy) is 2. The molecule has 0 aromatic carbocycles. The number of aromatic nitrogens is 1. The Morgan fingerprint density at radius 3 is 2.27 bits per heavy atom. The Kier molecular flexibility index (Phi) is 7.60. The fourth-order valence-corrected chi connectivity index (χ4v) is 2.04. The first kappa shape index (κ1) is 18.2. The number of carbonyl (C=O) groups excluding carboxylic acids is 2. The first-order valence-electron chi connectivity index (χ1n) is 7.20. The Bertz CT molecular complexity index is 537. The Hall–Kier alpha value is -1.88. The summed E-state index contributed by atoms with van der Waals surface area (Å²) >= 11 is 5.96. The highest BCUT2D eigenvalue weighted by molar-refractivity contribution is 6.30. The maximum absolute atomic E-state index is 12.0. The van der Waals surface area contributed by atoms with E-state index in [0.717, 1.165) is 0 Å². The van der Waals surface area contributed by atoms with Crippen molar-refractivity contribution >= 4 is 23.5 Å². The number of carbonyl (C=O) groups is 2. The number of hydrogen-bond acceptors (Lipinski definition) is 5. The molecule has 1 aromatic rings. The van der Waals surface area contributed by atoms with Gasteiger partial charge in [0.25, 0.3) is 0 Å². The molecule has 0 bridgehead atoms. The van der Waals surface area contributed by atoms with Gasteiger partial charge in [0.1, 0.15) is 5.57 Å². The van der Waals surface area contributed by atoms with Crippen LogP contribution in [0.2, 0.25) is 5.02 Å². The van der Waals surface area contributed by atoms with E-state index in [-0.39, 0.29) is 24.7 Å². The lowest BCUT2D eigenvalue weighted by molar-refractivity contribution is -0.146. The molecule has 22 heavy (non-hydrogen) atoms. The third-order valence-electron chi connectivity index (χ3n) is 2.92. The van der Waals surface area contributed by atoms with Crippen molar-refractivity contribution in [2.24, 2.45) is 0 Å². The van der Waals surface area contributed by atoms with Crippen LogP contribution in [0.5, 0.6) is 0 Å². The first-order chi connectivity index (χ1) is 10.5. The normalized spacial score (nSPS) is 11.5. The Balaban J connectivity index is 3.15. The number of nitrogens with zero attached hydrogens (tertiary/aromatic N) is 1. The summed E-state index contributed by atoms with van der Waals surface area (Å²) in [6.07, 6.45) is 3.77. The van der Waals surface area contributed by atoms with Gasteiger partial charge in [-0.1, -0.05) is 24.6 Å². The van der Waals surface area contributed by atoms with Gasteiger partial charge in [-0.3, -0.25) is 4.98 Å². The maximum atomic E-state index is 12.0. The van der Waals surface area contributed by atoms with Crippen LogP contribution in [-0.2, 0) is 19.1 Å². The molecule has 0 fully saturated rings. The van der Waals surface area contributed by atoms with Gasteiger partial charge in [-0.15, -0.1) is 0 Å². The molecule has 0 saturated carbocycles. The van der Waals surface area contributed by atoms with E-state index in [0.29, 0.717) is 17.1 Å². The maximum Gasteiger partial charge on any atom is 0.345 e. The van der Waals surface area contributed by atoms with E-state index >= 15 is 0 Å². The summed E-state index contributed by atoms with van der Waals surface area (Å²) in [5.41, 5.74) is 0.568. The van der Waals surface area contributed by atoms with Crippen molar-refractivity contribution in [1.29, 1.82) is 0 Å². The topological polar surface area (TPSA) is 65.5 Å². The van der Waals surface area contributed by atoms with Crippen LogP contribution in [0.3, 0.4) is 0 Å². The van der Waals surface area contributed by atoms with Gasteiger partial charge >= 0.3 is 11.9 Å². The van der Waals surface area contributed by atoms with Gasteiger partial charge in [0.2, 0.25) is 0 Å². The summed E-state index contributed by atoms with van der Waals surface area (Å²) in [7, 11) is 0. The molecule has 5 nitrogen and oxygen atoms in total. The van der Waals surface area contributed by atoms with Crippen LogP contribution in [0.1, 0.15) is 38.8 Å². The molecule has 0 N–H and O–H groups in total. The van der Waals surface area contributed by atoms with Gasteiger partial charge in [0, 0.05) is 22.8 Å². The lowest BCUT2D eigenvalue weighted by Gasteiger charge is -2.13. The Labute approximate surface area is 135 Å². The molecule has 0 amide bonds. The second-order valence-electron chi connectivity index (χ2n) is 4.43. The molecule has 1 unspecified atom stereocenters. The van der Waals surface area contributed by atoms with Gasteiger partial charge in [0.05, 0.1) is 13.2 Å². The summed E-state index contributed by atoms with van der Waals surface area (Å²) < 4.78 is 9.84. The van der Waals surface area contributed by atoms with Crippen LogP contribution in [0.25, 0.3) is 0 Å². The van der Waals surface area contributed by atoms with E-state index < -0.39 is 11.9 Å². The van der Waals surface area contributed by atoms with Crippen molar-refractivity contribution in [2.45, 2.75) is 33.1 Å². The third kappa shape index (κ3) is 5.15. The molecule has 120 valence electrons. The molecular formula is C16H20ClNO4. The number of halogens is 1. The molecule has 1 heterocycles. The van der Waals surface area contributed by atoms with Crippen molar-refractivity contribution in [3.8, 4) is 0 Å². The minimum atomic E-state index is -0.693. The van der Waals surface area contributed by atoms with Crippen molar-refractivity contribution in [1.82, 2.24) is 4.98 Å². The highest BCUT2D eigenvalue weighted by atomic mass is 35.5. The predicted octanol–water partition coefficient (Wildman–Crippen LogP) is 3.28. The van der Waals surface area contributed by atoms with Crippen LogP contribution >= 0.6 is 11.6 Å². The first-order valence-corrected chi connectivity index (χ1v) is 7.58. The molecule has 0 aliphatic carbocycles. The second kappa shape index (κ2) is 9.20.